The first-order valence-corrected chi connectivity index (χ1v) is 36.5. The summed E-state index contributed by atoms with van der Waals surface area (Å²) in [4.78, 5) is 192. The van der Waals surface area contributed by atoms with E-state index in [0.29, 0.717) is 19.3 Å². The van der Waals surface area contributed by atoms with Crippen LogP contribution in [0, 0.1) is 0 Å². The minimum atomic E-state index is -1.58. The molecule has 4 aromatic carbocycles. The van der Waals surface area contributed by atoms with Crippen molar-refractivity contribution in [3.05, 3.63) is 117 Å². The quantitative estimate of drug-likeness (QED) is 0.0439. The molecule has 0 radical (unpaired) electrons. The normalized spacial score (nSPS) is 19.7. The van der Waals surface area contributed by atoms with E-state index in [1.807, 2.05) is 19.6 Å². The van der Waals surface area contributed by atoms with Gasteiger partial charge in [0.1, 0.15) is 35.1 Å². The SMILES string of the molecule is O=C(O)CC[C@H](NC(=O)N[C@@H](CCCCNC(=O)CCCC(=O)NCCCCC1CN2CCNC(=O)c3cccc(c3O)C(=O)NCCN3CCNC(=O)c4cccc(c4O)C(=O)NCCN(CCNC(=O)c4cccc(c4O)C(=O)NCCN(CCNC(=O)c4cccc(c4O)C(=O)N1)CC3)CC2)C(=O)O)C(=O)O. The predicted octanol–water partition coefficient (Wildman–Crippen LogP) is -1.12. The number of nitrogens with one attached hydrogen (secondary N) is 12. The van der Waals surface area contributed by atoms with Gasteiger partial charge in [0.2, 0.25) is 11.8 Å². The number of rotatable bonds is 21. The zero-order chi connectivity index (χ0) is 79.7. The number of aliphatic carboxylic acids is 3. The van der Waals surface area contributed by atoms with Crippen LogP contribution in [0.2, 0.25) is 0 Å². The lowest BCUT2D eigenvalue weighted by Gasteiger charge is -2.31. The highest BCUT2D eigenvalue weighted by Gasteiger charge is 2.29. The number of carbonyl (C=O) groups excluding carboxylic acids is 11. The summed E-state index contributed by atoms with van der Waals surface area (Å²) < 4.78 is 0. The molecule has 37 nitrogen and oxygen atoms in total. The number of carbonyl (C=O) groups is 14. The largest absolute Gasteiger partial charge is 0.506 e. The zero-order valence-corrected chi connectivity index (χ0v) is 60.9. The maximum absolute atomic E-state index is 14.7. The number of para-hydroxylation sites is 4. The van der Waals surface area contributed by atoms with E-state index in [0.717, 1.165) is 0 Å². The number of unbranched alkanes of at least 4 members (excludes halogenated alkanes) is 2. The monoisotopic (exact) mass is 1530 g/mol. The van der Waals surface area contributed by atoms with Gasteiger partial charge in [-0.2, -0.15) is 0 Å². The number of aromatic hydroxyl groups is 4. The van der Waals surface area contributed by atoms with Crippen LogP contribution in [0.5, 0.6) is 23.0 Å². The third kappa shape index (κ3) is 27.2. The number of urea groups is 1. The van der Waals surface area contributed by atoms with Crippen molar-refractivity contribution in [1.29, 1.82) is 0 Å². The minimum absolute atomic E-state index is 0.0215. The number of hydrogen-bond acceptors (Lipinski definition) is 22. The van der Waals surface area contributed by atoms with Gasteiger partial charge in [-0.25, -0.2) is 14.4 Å². The Bertz CT molecular complexity index is 3880. The molecule has 4 aliphatic rings. The highest BCUT2D eigenvalue weighted by Crippen LogP contribution is 2.27. The van der Waals surface area contributed by atoms with E-state index in [4.69, 9.17) is 5.11 Å². The van der Waals surface area contributed by atoms with Gasteiger partial charge in [0.15, 0.2) is 0 Å². The molecule has 4 heterocycles. The molecule has 0 saturated heterocycles. The average molecular weight is 1540 g/mol. The molecule has 8 rings (SSSR count). The average Bonchev–Trinajstić information content (AvgIpc) is 0.857. The summed E-state index contributed by atoms with van der Waals surface area (Å²) in [6, 6.07) is 11.6. The Hall–Kier alpha value is -11.7. The zero-order valence-electron chi connectivity index (χ0n) is 60.9. The highest BCUT2D eigenvalue weighted by atomic mass is 16.4. The van der Waals surface area contributed by atoms with Crippen LogP contribution in [0.15, 0.2) is 72.8 Å². The van der Waals surface area contributed by atoms with Crippen LogP contribution in [-0.2, 0) is 24.0 Å². The summed E-state index contributed by atoms with van der Waals surface area (Å²) in [7, 11) is 0. The fourth-order valence-electron chi connectivity index (χ4n) is 12.4. The van der Waals surface area contributed by atoms with Gasteiger partial charge in [0.05, 0.1) is 44.5 Å². The van der Waals surface area contributed by atoms with Crippen LogP contribution in [0.3, 0.4) is 0 Å². The van der Waals surface area contributed by atoms with Gasteiger partial charge < -0.3 is 99.5 Å². The Labute approximate surface area is 633 Å². The number of amides is 12. The molecule has 7 atom stereocenters. The Kier molecular flexibility index (Phi) is 34.2. The first kappa shape index (κ1) is 85.5. The molecule has 4 aliphatic heterocycles. The van der Waals surface area contributed by atoms with Crippen molar-refractivity contribution >= 4 is 83.0 Å². The van der Waals surface area contributed by atoms with Crippen molar-refractivity contribution in [3.63, 3.8) is 0 Å². The molecule has 12 amide bonds. The van der Waals surface area contributed by atoms with Gasteiger partial charge in [-0.05, 0) is 99.9 Å². The van der Waals surface area contributed by atoms with Crippen molar-refractivity contribution in [2.75, 3.05) is 137 Å². The number of phenols is 4. The smallest absolute Gasteiger partial charge is 0.326 e. The van der Waals surface area contributed by atoms with E-state index >= 15 is 0 Å². The van der Waals surface area contributed by atoms with E-state index in [1.165, 1.54) is 72.8 Å². The fourth-order valence-corrected chi connectivity index (χ4v) is 12.4. The predicted molar refractivity (Wildman–Crippen MR) is 395 cm³/mol. The Balaban J connectivity index is 1.13. The number of phenolic OH excluding ortho intramolecular Hbond substituents is 4. The Morgan fingerprint density at radius 1 is 0.364 bits per heavy atom. The number of carboxylic acid groups (broad SMARTS) is 3. The van der Waals surface area contributed by atoms with Crippen LogP contribution in [0.4, 0.5) is 4.79 Å². The van der Waals surface area contributed by atoms with Crippen molar-refractivity contribution in [1.82, 2.24) is 83.4 Å². The van der Waals surface area contributed by atoms with Gasteiger partial charge in [0.25, 0.3) is 47.3 Å². The molecular formula is C73H98N16O21. The summed E-state index contributed by atoms with van der Waals surface area (Å²) >= 11 is 0. The molecule has 19 N–H and O–H groups in total. The lowest BCUT2D eigenvalue weighted by Crippen LogP contribution is -2.51. The van der Waals surface area contributed by atoms with Gasteiger partial charge >= 0.3 is 23.9 Å². The van der Waals surface area contributed by atoms with Crippen molar-refractivity contribution in [3.8, 4) is 23.0 Å². The van der Waals surface area contributed by atoms with Gasteiger partial charge in [-0.15, -0.1) is 0 Å². The van der Waals surface area contributed by atoms with Crippen LogP contribution >= 0.6 is 0 Å². The van der Waals surface area contributed by atoms with E-state index in [9.17, 15) is 97.8 Å². The number of hydrogen-bond donors (Lipinski definition) is 19. The molecule has 4 aromatic rings. The Morgan fingerprint density at radius 3 is 0.973 bits per heavy atom. The van der Waals surface area contributed by atoms with E-state index in [1.54, 1.807) is 0 Å². The molecule has 12 bridgehead atoms. The number of nitrogens with zero attached hydrogens (tertiary/aromatic N) is 4. The van der Waals surface area contributed by atoms with Gasteiger partial charge in [-0.3, -0.25) is 72.3 Å². The topological polar surface area (TPSA) is 538 Å². The standard InChI is InChI=1S/C73H98N16O21/c90-56(20-9-21-57(91)75-25-4-2-19-54(71(106)107)84-73(110)85-55(72(108)109)22-23-58(92)93)74-24-3-1-10-45-44-89-39-32-82-68(103)51-16-7-15-50(61(51)96)65(100)78-27-34-86-33-26-76-63(98)46-11-5-13-48(59(46)94)66(101)79-30-37-88(42-43-89)38-31-80-67(102)49-14-6-12-47(60(49)95)64(99)77-28-35-87(41-40-86)36-29-81-69(104)52-17-8-18-53(62(52)97)70(105)83-45/h5-8,11-18,45,54-55,94-97H,1-4,9-10,19-44H2,(H,74,90)(H,75,91)(H,76,98)(H,77,99)(H,78,100)(H,79,101)(H,80,102)(H,81,104)(H,82,103)(H,83,105)(H,92,93)(H,106,107)(H,108,109)(H2,84,85,110)/t45?,54-,55-/m0/s1. The lowest BCUT2D eigenvalue weighted by atomic mass is 10.0. The Morgan fingerprint density at radius 2 is 0.655 bits per heavy atom. The maximum atomic E-state index is 14.7. The molecule has 5 unspecified atom stereocenters. The van der Waals surface area contributed by atoms with Crippen molar-refractivity contribution in [2.24, 2.45) is 0 Å². The van der Waals surface area contributed by atoms with Gasteiger partial charge in [-0.1, -0.05) is 24.3 Å². The molecule has 596 valence electrons. The van der Waals surface area contributed by atoms with Crippen molar-refractivity contribution < 1.29 is 103 Å². The van der Waals surface area contributed by atoms with Crippen LogP contribution in [-0.4, -0.2) is 294 Å². The molecule has 0 fully saturated rings. The number of carboxylic acids is 3. The molecular weight excluding hydrogens is 1440 g/mol. The second-order valence-electron chi connectivity index (χ2n) is 26.5. The summed E-state index contributed by atoms with van der Waals surface area (Å²) in [6.07, 6.45) is 0.467. The molecule has 0 saturated carbocycles. The summed E-state index contributed by atoms with van der Waals surface area (Å²) in [5.41, 5.74) is -1.70. The molecule has 0 spiro atoms. The van der Waals surface area contributed by atoms with Crippen LogP contribution < -0.4 is 63.8 Å². The number of fused-ring (bicyclic) bond motifs is 26. The third-order valence-corrected chi connectivity index (χ3v) is 18.6. The highest BCUT2D eigenvalue weighted by molar-refractivity contribution is 6.07. The summed E-state index contributed by atoms with van der Waals surface area (Å²) in [6.45, 7) is 1.29. The number of benzene rings is 4. The first-order chi connectivity index (χ1) is 52.8. The molecule has 0 aliphatic carbocycles. The second-order valence-corrected chi connectivity index (χ2v) is 26.5. The van der Waals surface area contributed by atoms with Gasteiger partial charge in [0, 0.05) is 163 Å². The van der Waals surface area contributed by atoms with Crippen LogP contribution in [0.1, 0.15) is 153 Å². The molecule has 37 heteroatoms. The fraction of sp³-hybridized carbons (Fsp3) is 0.479. The molecule has 0 aromatic heterocycles. The van der Waals surface area contributed by atoms with E-state index in [2.05, 4.69) is 63.8 Å². The van der Waals surface area contributed by atoms with Crippen LogP contribution in [0.25, 0.3) is 0 Å². The second kappa shape index (κ2) is 43.9. The first-order valence-electron chi connectivity index (χ1n) is 36.5. The minimum Gasteiger partial charge on any atom is -0.506 e. The summed E-state index contributed by atoms with van der Waals surface area (Å²) in [5.74, 6) is -13.2. The summed E-state index contributed by atoms with van der Waals surface area (Å²) in [5, 5.41) is 107. The van der Waals surface area contributed by atoms with E-state index < -0.39 is 125 Å². The third-order valence-electron chi connectivity index (χ3n) is 18.6. The lowest BCUT2D eigenvalue weighted by molar-refractivity contribution is -0.141. The maximum Gasteiger partial charge on any atom is 0.326 e. The van der Waals surface area contributed by atoms with E-state index in [-0.39, 0.29) is 232 Å². The molecule has 110 heavy (non-hydrogen) atoms. The van der Waals surface area contributed by atoms with Crippen molar-refractivity contribution in [2.45, 2.75) is 88.8 Å².